The highest BCUT2D eigenvalue weighted by Gasteiger charge is 2.32. The molecule has 2 aliphatic heterocycles. The second kappa shape index (κ2) is 3.42. The molecule has 6 heteroatoms. The van der Waals surface area contributed by atoms with E-state index >= 15 is 0 Å². The van der Waals surface area contributed by atoms with Crippen molar-refractivity contribution in [2.45, 2.75) is 18.9 Å². The maximum Gasteiger partial charge on any atom is 0.317 e. The molecule has 2 rings (SSSR count). The number of rotatable bonds is 1. The van der Waals surface area contributed by atoms with Gasteiger partial charge in [-0.05, 0) is 12.8 Å². The molecule has 2 fully saturated rings. The standard InChI is InChI=1S/C8H14N2O3S/c11-8-9-3-4-10(8)7-1-5-14(12,13)6-2-7/h7H,1-6H2,(H,9,11). The van der Waals surface area contributed by atoms with Crippen LogP contribution >= 0.6 is 0 Å². The average Bonchev–Trinajstić information content (AvgIpc) is 2.52. The molecule has 5 nitrogen and oxygen atoms in total. The quantitative estimate of drug-likeness (QED) is 0.650. The molecule has 0 atom stereocenters. The Morgan fingerprint density at radius 2 is 1.93 bits per heavy atom. The third-order valence-corrected chi connectivity index (χ3v) is 4.57. The summed E-state index contributed by atoms with van der Waals surface area (Å²) in [6.45, 7) is 1.39. The Morgan fingerprint density at radius 3 is 2.43 bits per heavy atom. The lowest BCUT2D eigenvalue weighted by Crippen LogP contribution is -2.42. The van der Waals surface area contributed by atoms with Gasteiger partial charge >= 0.3 is 6.03 Å². The highest BCUT2D eigenvalue weighted by molar-refractivity contribution is 7.91. The number of hydrogen-bond donors (Lipinski definition) is 1. The minimum Gasteiger partial charge on any atom is -0.336 e. The Kier molecular flexibility index (Phi) is 2.38. The van der Waals surface area contributed by atoms with Gasteiger partial charge < -0.3 is 10.2 Å². The van der Waals surface area contributed by atoms with Gasteiger partial charge in [-0.2, -0.15) is 0 Å². The topological polar surface area (TPSA) is 66.5 Å². The lowest BCUT2D eigenvalue weighted by atomic mass is 10.1. The van der Waals surface area contributed by atoms with E-state index in [1.807, 2.05) is 0 Å². The molecule has 0 radical (unpaired) electrons. The summed E-state index contributed by atoms with van der Waals surface area (Å²) in [7, 11) is -2.82. The first kappa shape index (κ1) is 9.76. The fourth-order valence-electron chi connectivity index (χ4n) is 2.02. The zero-order valence-corrected chi connectivity index (χ0v) is 8.72. The van der Waals surface area contributed by atoms with Crippen LogP contribution in [0.2, 0.25) is 0 Å². The van der Waals surface area contributed by atoms with Crippen LogP contribution in [-0.4, -0.2) is 50.0 Å². The van der Waals surface area contributed by atoms with E-state index in [4.69, 9.17) is 0 Å². The Morgan fingerprint density at radius 1 is 1.29 bits per heavy atom. The molecule has 0 aliphatic carbocycles. The molecule has 2 saturated heterocycles. The normalized spacial score (nSPS) is 27.7. The van der Waals surface area contributed by atoms with Gasteiger partial charge in [0.1, 0.15) is 9.84 Å². The number of sulfone groups is 1. The summed E-state index contributed by atoms with van der Waals surface area (Å²) in [6, 6.07) is 0.0790. The van der Waals surface area contributed by atoms with Crippen molar-refractivity contribution >= 4 is 15.9 Å². The molecule has 0 saturated carbocycles. The van der Waals surface area contributed by atoms with Gasteiger partial charge in [-0.1, -0.05) is 0 Å². The molecular formula is C8H14N2O3S. The Bertz CT molecular complexity index is 324. The number of carbonyl (C=O) groups is 1. The summed E-state index contributed by atoms with van der Waals surface area (Å²) < 4.78 is 22.3. The second-order valence-electron chi connectivity index (χ2n) is 3.81. The minimum atomic E-state index is -2.82. The summed E-state index contributed by atoms with van der Waals surface area (Å²) >= 11 is 0. The number of carbonyl (C=O) groups excluding carboxylic acids is 1. The maximum absolute atomic E-state index is 11.3. The summed E-state index contributed by atoms with van der Waals surface area (Å²) in [6.07, 6.45) is 1.19. The monoisotopic (exact) mass is 218 g/mol. The predicted molar refractivity (Wildman–Crippen MR) is 51.8 cm³/mol. The lowest BCUT2D eigenvalue weighted by molar-refractivity contribution is 0.193. The Hall–Kier alpha value is -0.780. The molecule has 0 bridgehead atoms. The van der Waals surface area contributed by atoms with Crippen LogP contribution in [-0.2, 0) is 9.84 Å². The van der Waals surface area contributed by atoms with E-state index in [1.165, 1.54) is 0 Å². The molecule has 0 unspecified atom stereocenters. The number of hydrogen-bond acceptors (Lipinski definition) is 3. The van der Waals surface area contributed by atoms with Crippen LogP contribution in [0.15, 0.2) is 0 Å². The van der Waals surface area contributed by atoms with Crippen molar-refractivity contribution in [3.63, 3.8) is 0 Å². The van der Waals surface area contributed by atoms with Crippen molar-refractivity contribution in [3.8, 4) is 0 Å². The van der Waals surface area contributed by atoms with Crippen molar-refractivity contribution in [3.05, 3.63) is 0 Å². The molecule has 2 aliphatic rings. The van der Waals surface area contributed by atoms with Gasteiger partial charge in [0.15, 0.2) is 0 Å². The van der Waals surface area contributed by atoms with Crippen LogP contribution in [0.25, 0.3) is 0 Å². The fourth-order valence-corrected chi connectivity index (χ4v) is 3.49. The number of urea groups is 1. The van der Waals surface area contributed by atoms with Gasteiger partial charge in [0.2, 0.25) is 0 Å². The third kappa shape index (κ3) is 1.84. The molecule has 1 N–H and O–H groups in total. The fraction of sp³-hybridized carbons (Fsp3) is 0.875. The van der Waals surface area contributed by atoms with Crippen LogP contribution in [0, 0.1) is 0 Å². The highest BCUT2D eigenvalue weighted by Crippen LogP contribution is 2.19. The third-order valence-electron chi connectivity index (χ3n) is 2.85. The van der Waals surface area contributed by atoms with Crippen LogP contribution in [0.4, 0.5) is 4.79 Å². The molecule has 0 aromatic rings. The predicted octanol–water partition coefficient (Wildman–Crippen LogP) is -0.411. The molecule has 80 valence electrons. The summed E-state index contributed by atoms with van der Waals surface area (Å²) in [5, 5.41) is 2.73. The van der Waals surface area contributed by atoms with Crippen LogP contribution < -0.4 is 5.32 Å². The summed E-state index contributed by atoms with van der Waals surface area (Å²) in [5.41, 5.74) is 0. The van der Waals surface area contributed by atoms with Crippen molar-refractivity contribution in [2.24, 2.45) is 0 Å². The minimum absolute atomic E-state index is 0.0469. The summed E-state index contributed by atoms with van der Waals surface area (Å²) in [4.78, 5) is 13.1. The molecule has 0 aromatic carbocycles. The van der Waals surface area contributed by atoms with Gasteiger partial charge in [0.05, 0.1) is 11.5 Å². The van der Waals surface area contributed by atoms with Crippen LogP contribution in [0.1, 0.15) is 12.8 Å². The van der Waals surface area contributed by atoms with Crippen LogP contribution in [0.5, 0.6) is 0 Å². The average molecular weight is 218 g/mol. The van der Waals surface area contributed by atoms with E-state index in [0.29, 0.717) is 25.9 Å². The van der Waals surface area contributed by atoms with Crippen LogP contribution in [0.3, 0.4) is 0 Å². The zero-order valence-electron chi connectivity index (χ0n) is 7.90. The van der Waals surface area contributed by atoms with Crippen molar-refractivity contribution in [1.82, 2.24) is 10.2 Å². The maximum atomic E-state index is 11.3. The van der Waals surface area contributed by atoms with E-state index in [1.54, 1.807) is 4.90 Å². The number of amides is 2. The molecular weight excluding hydrogens is 204 g/mol. The van der Waals surface area contributed by atoms with Crippen molar-refractivity contribution in [1.29, 1.82) is 0 Å². The van der Waals surface area contributed by atoms with E-state index < -0.39 is 9.84 Å². The van der Waals surface area contributed by atoms with Gasteiger partial charge in [-0.25, -0.2) is 13.2 Å². The van der Waals surface area contributed by atoms with Gasteiger partial charge in [-0.3, -0.25) is 0 Å². The molecule has 2 amide bonds. The molecule has 0 spiro atoms. The molecule has 2 heterocycles. The first-order valence-electron chi connectivity index (χ1n) is 4.83. The summed E-state index contributed by atoms with van der Waals surface area (Å²) in [5.74, 6) is 0.447. The van der Waals surface area contributed by atoms with Crippen molar-refractivity contribution < 1.29 is 13.2 Å². The molecule has 14 heavy (non-hydrogen) atoms. The van der Waals surface area contributed by atoms with E-state index in [-0.39, 0.29) is 23.6 Å². The number of nitrogens with one attached hydrogen (secondary N) is 1. The van der Waals surface area contributed by atoms with Gasteiger partial charge in [-0.15, -0.1) is 0 Å². The lowest BCUT2D eigenvalue weighted by Gasteiger charge is -2.29. The Labute approximate surface area is 83.4 Å². The van der Waals surface area contributed by atoms with Gasteiger partial charge in [0.25, 0.3) is 0 Å². The first-order chi connectivity index (χ1) is 6.58. The number of nitrogens with zero attached hydrogens (tertiary/aromatic N) is 1. The van der Waals surface area contributed by atoms with Gasteiger partial charge in [0, 0.05) is 19.1 Å². The highest BCUT2D eigenvalue weighted by atomic mass is 32.2. The van der Waals surface area contributed by atoms with E-state index in [9.17, 15) is 13.2 Å². The van der Waals surface area contributed by atoms with E-state index in [0.717, 1.165) is 0 Å². The smallest absolute Gasteiger partial charge is 0.317 e. The van der Waals surface area contributed by atoms with E-state index in [2.05, 4.69) is 5.32 Å². The SMILES string of the molecule is O=C1NCCN1C1CCS(=O)(=O)CC1. The second-order valence-corrected chi connectivity index (χ2v) is 6.11. The first-order valence-corrected chi connectivity index (χ1v) is 6.65. The van der Waals surface area contributed by atoms with Crippen molar-refractivity contribution in [2.75, 3.05) is 24.6 Å². The zero-order chi connectivity index (χ0) is 10.2. The largest absolute Gasteiger partial charge is 0.336 e. The molecule has 0 aromatic heterocycles. The Balaban J connectivity index is 1.98.